The van der Waals surface area contributed by atoms with Gasteiger partial charge in [-0.2, -0.15) is 0 Å². The predicted octanol–water partition coefficient (Wildman–Crippen LogP) is 5.04. The average Bonchev–Trinajstić information content (AvgIpc) is 3.18. The number of hydrogen-bond donors (Lipinski definition) is 0. The van der Waals surface area contributed by atoms with Crippen molar-refractivity contribution in [1.29, 1.82) is 0 Å². The van der Waals surface area contributed by atoms with Crippen LogP contribution in [-0.4, -0.2) is 0 Å². The highest BCUT2D eigenvalue weighted by molar-refractivity contribution is 5.78. The van der Waals surface area contributed by atoms with Crippen LogP contribution in [0.1, 0.15) is 29.5 Å². The molecule has 22 heavy (non-hydrogen) atoms. The van der Waals surface area contributed by atoms with E-state index in [1.165, 1.54) is 27.8 Å². The molecule has 2 aromatic rings. The molecule has 0 heteroatoms. The van der Waals surface area contributed by atoms with E-state index in [9.17, 15) is 0 Å². The van der Waals surface area contributed by atoms with Gasteiger partial charge in [0.15, 0.2) is 0 Å². The summed E-state index contributed by atoms with van der Waals surface area (Å²) in [7, 11) is 0. The van der Waals surface area contributed by atoms with Crippen LogP contribution in [0, 0.1) is 12.3 Å². The normalized spacial score (nSPS) is 16.3. The Kier molecular flexibility index (Phi) is 3.01. The number of benzene rings is 2. The van der Waals surface area contributed by atoms with Crippen molar-refractivity contribution in [3.8, 4) is 23.5 Å². The summed E-state index contributed by atoms with van der Waals surface area (Å²) in [6.07, 6.45) is 17.2. The first-order valence-electron chi connectivity index (χ1n) is 7.85. The van der Waals surface area contributed by atoms with Crippen molar-refractivity contribution in [1.82, 2.24) is 0 Å². The average molecular weight is 282 g/mol. The molecule has 0 saturated heterocycles. The van der Waals surface area contributed by atoms with E-state index in [4.69, 9.17) is 6.42 Å². The van der Waals surface area contributed by atoms with Crippen LogP contribution < -0.4 is 0 Å². The van der Waals surface area contributed by atoms with Gasteiger partial charge in [0.05, 0.1) is 0 Å². The van der Waals surface area contributed by atoms with Crippen molar-refractivity contribution in [2.75, 3.05) is 0 Å². The van der Waals surface area contributed by atoms with Gasteiger partial charge >= 0.3 is 0 Å². The predicted molar refractivity (Wildman–Crippen MR) is 92.7 cm³/mol. The van der Waals surface area contributed by atoms with Crippen molar-refractivity contribution in [2.24, 2.45) is 0 Å². The second kappa shape index (κ2) is 5.04. The number of terminal acetylenes is 1. The molecular weight excluding hydrogens is 264 g/mol. The van der Waals surface area contributed by atoms with Gasteiger partial charge in [-0.1, -0.05) is 66.8 Å². The number of allylic oxidation sites excluding steroid dienone is 4. The summed E-state index contributed by atoms with van der Waals surface area (Å²) in [4.78, 5) is 0. The van der Waals surface area contributed by atoms with Gasteiger partial charge < -0.3 is 0 Å². The van der Waals surface area contributed by atoms with Crippen molar-refractivity contribution >= 4 is 0 Å². The molecule has 0 aliphatic heterocycles. The number of rotatable bonds is 3. The van der Waals surface area contributed by atoms with Gasteiger partial charge in [-0.25, -0.2) is 0 Å². The Morgan fingerprint density at radius 2 is 1.73 bits per heavy atom. The zero-order valence-electron chi connectivity index (χ0n) is 12.5. The Morgan fingerprint density at radius 1 is 0.955 bits per heavy atom. The minimum absolute atomic E-state index is 0.0280. The molecule has 0 bridgehead atoms. The van der Waals surface area contributed by atoms with E-state index in [2.05, 4.69) is 72.7 Å². The molecule has 2 aliphatic rings. The molecular formula is C22H18. The minimum Gasteiger partial charge on any atom is -0.120 e. The highest BCUT2D eigenvalue weighted by atomic mass is 14.4. The van der Waals surface area contributed by atoms with E-state index in [0.717, 1.165) is 19.3 Å². The zero-order valence-corrected chi connectivity index (χ0v) is 12.5. The quantitative estimate of drug-likeness (QED) is 0.591. The Bertz CT molecular complexity index is 815. The summed E-state index contributed by atoms with van der Waals surface area (Å²) in [5, 5.41) is 0. The van der Waals surface area contributed by atoms with Crippen LogP contribution in [0.4, 0.5) is 0 Å². The Morgan fingerprint density at radius 3 is 2.55 bits per heavy atom. The van der Waals surface area contributed by atoms with E-state index in [-0.39, 0.29) is 5.41 Å². The monoisotopic (exact) mass is 282 g/mol. The molecule has 2 aromatic carbocycles. The molecule has 0 spiro atoms. The molecule has 0 atom stereocenters. The van der Waals surface area contributed by atoms with Crippen molar-refractivity contribution in [3.05, 3.63) is 83.5 Å². The van der Waals surface area contributed by atoms with E-state index in [1.807, 2.05) is 0 Å². The van der Waals surface area contributed by atoms with Crippen LogP contribution in [0.15, 0.2) is 66.8 Å². The summed E-state index contributed by atoms with van der Waals surface area (Å²) < 4.78 is 0. The molecule has 0 saturated carbocycles. The molecule has 0 fully saturated rings. The van der Waals surface area contributed by atoms with E-state index in [0.29, 0.717) is 0 Å². The maximum atomic E-state index is 5.53. The maximum absolute atomic E-state index is 5.53. The van der Waals surface area contributed by atoms with Crippen LogP contribution in [-0.2, 0) is 11.8 Å². The molecule has 0 N–H and O–H groups in total. The van der Waals surface area contributed by atoms with Gasteiger partial charge in [-0.3, -0.25) is 0 Å². The lowest BCUT2D eigenvalue weighted by Crippen LogP contribution is -2.21. The van der Waals surface area contributed by atoms with Crippen LogP contribution >= 0.6 is 0 Å². The minimum atomic E-state index is -0.0280. The SMILES string of the molecule is C#CCCC1(c2cccc3c2Cc2ccccc2-3)C=CC=C1. The molecule has 106 valence electrons. The maximum Gasteiger partial charge on any atom is 0.0330 e. The van der Waals surface area contributed by atoms with Gasteiger partial charge in [-0.15, -0.1) is 12.3 Å². The van der Waals surface area contributed by atoms with Crippen molar-refractivity contribution in [3.63, 3.8) is 0 Å². The molecule has 0 aromatic heterocycles. The summed E-state index contributed by atoms with van der Waals surface area (Å²) >= 11 is 0. The summed E-state index contributed by atoms with van der Waals surface area (Å²) in [5.41, 5.74) is 7.07. The highest BCUT2D eigenvalue weighted by Gasteiger charge is 2.33. The Balaban J connectivity index is 1.87. The van der Waals surface area contributed by atoms with Gasteiger partial charge in [0.25, 0.3) is 0 Å². The van der Waals surface area contributed by atoms with Gasteiger partial charge in [-0.05, 0) is 40.7 Å². The van der Waals surface area contributed by atoms with Gasteiger partial charge in [0, 0.05) is 11.8 Å². The fourth-order valence-corrected chi connectivity index (χ4v) is 3.86. The first kappa shape index (κ1) is 13.2. The van der Waals surface area contributed by atoms with Crippen LogP contribution in [0.2, 0.25) is 0 Å². The van der Waals surface area contributed by atoms with Crippen molar-refractivity contribution < 1.29 is 0 Å². The third kappa shape index (κ3) is 1.86. The molecule has 0 radical (unpaired) electrons. The molecule has 2 aliphatic carbocycles. The standard InChI is InChI=1S/C22H18/c1-2-3-13-22(14-6-7-15-22)21-12-8-11-19-18-10-5-4-9-17(18)16-20(19)21/h1,4-12,14-15H,3,13,16H2. The van der Waals surface area contributed by atoms with Crippen LogP contribution in [0.25, 0.3) is 11.1 Å². The number of hydrogen-bond acceptors (Lipinski definition) is 0. The zero-order chi connectivity index (χ0) is 15.0. The second-order valence-corrected chi connectivity index (χ2v) is 6.13. The second-order valence-electron chi connectivity index (χ2n) is 6.13. The topological polar surface area (TPSA) is 0 Å². The van der Waals surface area contributed by atoms with E-state index in [1.54, 1.807) is 0 Å². The Hall–Kier alpha value is -2.52. The fourth-order valence-electron chi connectivity index (χ4n) is 3.86. The smallest absolute Gasteiger partial charge is 0.0330 e. The molecule has 0 amide bonds. The van der Waals surface area contributed by atoms with Crippen LogP contribution in [0.3, 0.4) is 0 Å². The molecule has 0 heterocycles. The third-order valence-electron chi connectivity index (χ3n) is 4.93. The molecule has 0 unspecified atom stereocenters. The first-order valence-corrected chi connectivity index (χ1v) is 7.85. The summed E-state index contributed by atoms with van der Waals surface area (Å²) in [6, 6.07) is 15.5. The number of fused-ring (bicyclic) bond motifs is 3. The summed E-state index contributed by atoms with van der Waals surface area (Å²) in [6.45, 7) is 0. The third-order valence-corrected chi connectivity index (χ3v) is 4.93. The van der Waals surface area contributed by atoms with Gasteiger partial charge in [0.2, 0.25) is 0 Å². The lowest BCUT2D eigenvalue weighted by Gasteiger charge is -2.28. The first-order chi connectivity index (χ1) is 10.8. The lowest BCUT2D eigenvalue weighted by atomic mass is 9.75. The summed E-state index contributed by atoms with van der Waals surface area (Å²) in [5.74, 6) is 2.81. The highest BCUT2D eigenvalue weighted by Crippen LogP contribution is 2.45. The molecule has 4 rings (SSSR count). The van der Waals surface area contributed by atoms with Gasteiger partial charge in [0.1, 0.15) is 0 Å². The van der Waals surface area contributed by atoms with E-state index >= 15 is 0 Å². The largest absolute Gasteiger partial charge is 0.120 e. The van der Waals surface area contributed by atoms with E-state index < -0.39 is 0 Å². The van der Waals surface area contributed by atoms with Crippen LogP contribution in [0.5, 0.6) is 0 Å². The molecule has 0 nitrogen and oxygen atoms in total. The van der Waals surface area contributed by atoms with Crippen molar-refractivity contribution in [2.45, 2.75) is 24.7 Å². The Labute approximate surface area is 132 Å². The fraction of sp³-hybridized carbons (Fsp3) is 0.182. The lowest BCUT2D eigenvalue weighted by molar-refractivity contribution is 0.617.